The Balaban J connectivity index is 0.00000102. The number of methoxy groups -OCH3 is 3. The van der Waals surface area contributed by atoms with E-state index in [9.17, 15) is 28.8 Å². The number of aliphatic carboxylic acids is 2. The molecule has 3 aromatic rings. The minimum absolute atomic E-state index is 0.0764. The third-order valence-electron chi connectivity index (χ3n) is 13.3. The van der Waals surface area contributed by atoms with Crippen LogP contribution in [0.25, 0.3) is 0 Å². The molecule has 1 atom stereocenters. The molecule has 0 unspecified atom stereocenters. The molecule has 0 aromatic heterocycles. The van der Waals surface area contributed by atoms with Crippen molar-refractivity contribution < 1.29 is 57.9 Å². The lowest BCUT2D eigenvalue weighted by atomic mass is 9.71. The monoisotopic (exact) mass is 995 g/mol. The Morgan fingerprint density at radius 1 is 0.696 bits per heavy atom. The lowest BCUT2D eigenvalue weighted by Crippen LogP contribution is -2.58. The van der Waals surface area contributed by atoms with Crippen LogP contribution in [0.1, 0.15) is 61.0 Å². The topological polar surface area (TPSA) is 196 Å². The Bertz CT molecular complexity index is 2270. The fraction of sp³-hybridized carbons (Fsp3) is 0.480. The predicted octanol–water partition coefficient (Wildman–Crippen LogP) is 5.49. The number of carboxylic acid groups (broad SMARTS) is 2. The van der Waals surface area contributed by atoms with Crippen LogP contribution in [-0.4, -0.2) is 177 Å². The van der Waals surface area contributed by atoms with Crippen molar-refractivity contribution >= 4 is 58.8 Å². The van der Waals surface area contributed by atoms with Gasteiger partial charge in [0.15, 0.2) is 18.1 Å². The third kappa shape index (κ3) is 13.7. The van der Waals surface area contributed by atoms with Gasteiger partial charge in [0.2, 0.25) is 11.7 Å². The molecule has 3 aromatic carbocycles. The summed E-state index contributed by atoms with van der Waals surface area (Å²) in [6, 6.07) is 19.3. The molecule has 0 spiro atoms. The van der Waals surface area contributed by atoms with Crippen molar-refractivity contribution in [2.75, 3.05) is 106 Å². The van der Waals surface area contributed by atoms with Crippen LogP contribution in [0.5, 0.6) is 17.2 Å². The van der Waals surface area contributed by atoms with Crippen LogP contribution in [0.4, 0.5) is 0 Å². The van der Waals surface area contributed by atoms with E-state index in [-0.39, 0.29) is 36.3 Å². The average Bonchev–Trinajstić information content (AvgIpc) is 3.81. The van der Waals surface area contributed by atoms with Crippen molar-refractivity contribution in [2.45, 2.75) is 50.4 Å². The summed E-state index contributed by atoms with van der Waals surface area (Å²) in [7, 11) is 4.59. The number of hydrogen-bond acceptors (Lipinski definition) is 12. The summed E-state index contributed by atoms with van der Waals surface area (Å²) in [6.07, 6.45) is 3.94. The Labute approximate surface area is 413 Å². The molecule has 3 amide bonds. The third-order valence-corrected chi connectivity index (χ3v) is 14.0. The van der Waals surface area contributed by atoms with Gasteiger partial charge in [-0.1, -0.05) is 59.6 Å². The molecule has 0 bridgehead atoms. The van der Waals surface area contributed by atoms with Gasteiger partial charge in [0.25, 0.3) is 11.8 Å². The number of nitrogens with zero attached hydrogens (tertiary/aromatic N) is 5. The molecule has 3 fully saturated rings. The van der Waals surface area contributed by atoms with Crippen molar-refractivity contribution in [3.05, 3.63) is 99.6 Å². The van der Waals surface area contributed by atoms with Gasteiger partial charge in [0.05, 0.1) is 43.3 Å². The van der Waals surface area contributed by atoms with E-state index in [1.165, 1.54) is 21.3 Å². The van der Waals surface area contributed by atoms with Crippen LogP contribution in [0.15, 0.2) is 72.8 Å². The number of hydrogen-bond donors (Lipinski definition) is 2. The molecular formula is C50H63Cl2N5O12. The lowest BCUT2D eigenvalue weighted by molar-refractivity contribution is -0.153. The first-order valence-corrected chi connectivity index (χ1v) is 23.7. The Morgan fingerprint density at radius 2 is 1.30 bits per heavy atom. The molecular weight excluding hydrogens is 933 g/mol. The van der Waals surface area contributed by atoms with Gasteiger partial charge in [-0.15, -0.1) is 0 Å². The second kappa shape index (κ2) is 25.1. The van der Waals surface area contributed by atoms with Crippen LogP contribution in [-0.2, 0) is 39.5 Å². The van der Waals surface area contributed by atoms with Crippen molar-refractivity contribution in [3.8, 4) is 17.2 Å². The van der Waals surface area contributed by atoms with Crippen LogP contribution < -0.4 is 14.2 Å². The molecule has 2 N–H and O–H groups in total. The zero-order valence-corrected chi connectivity index (χ0v) is 41.4. The highest BCUT2D eigenvalue weighted by Crippen LogP contribution is 2.44. The van der Waals surface area contributed by atoms with Crippen molar-refractivity contribution in [2.24, 2.45) is 0 Å². The van der Waals surface area contributed by atoms with E-state index in [0.29, 0.717) is 110 Å². The second-order valence-corrected chi connectivity index (χ2v) is 18.0. The van der Waals surface area contributed by atoms with Crippen LogP contribution in [0.2, 0.25) is 10.0 Å². The van der Waals surface area contributed by atoms with Crippen molar-refractivity contribution in [3.63, 3.8) is 0 Å². The minimum Gasteiger partial charge on any atom is -0.493 e. The molecule has 0 radical (unpaired) electrons. The first kappa shape index (κ1) is 54.1. The van der Waals surface area contributed by atoms with E-state index in [1.807, 2.05) is 64.9 Å². The molecule has 374 valence electrons. The molecule has 3 saturated heterocycles. The summed E-state index contributed by atoms with van der Waals surface area (Å²) in [5, 5.41) is 16.6. The molecule has 0 saturated carbocycles. The SMILES string of the molecule is CCN(CC)C(=O)COC(=O)CN1CCN(C(=O)C2(c3ccccc3)CCN(CC[C@]3(c4ccc(Cl)c(Cl)c4)CCN(C(=O)c4cc(OC)c(OC)c(OC)c4)C3)CC2)CC1.O=C(O)/C=C/C(=O)O. The van der Waals surface area contributed by atoms with Gasteiger partial charge < -0.3 is 48.8 Å². The zero-order chi connectivity index (χ0) is 50.3. The number of piperazine rings is 1. The largest absolute Gasteiger partial charge is 0.493 e. The van der Waals surface area contributed by atoms with Gasteiger partial charge in [-0.2, -0.15) is 0 Å². The molecule has 69 heavy (non-hydrogen) atoms. The highest BCUT2D eigenvalue weighted by molar-refractivity contribution is 6.42. The number of esters is 1. The first-order chi connectivity index (χ1) is 33.0. The number of piperidine rings is 1. The van der Waals surface area contributed by atoms with Gasteiger partial charge in [0, 0.05) is 75.5 Å². The van der Waals surface area contributed by atoms with Gasteiger partial charge in [-0.3, -0.25) is 24.1 Å². The number of benzene rings is 3. The predicted molar refractivity (Wildman–Crippen MR) is 259 cm³/mol. The maximum Gasteiger partial charge on any atom is 0.328 e. The summed E-state index contributed by atoms with van der Waals surface area (Å²) < 4.78 is 21.9. The fourth-order valence-corrected chi connectivity index (χ4v) is 9.65. The quantitative estimate of drug-likeness (QED) is 0.120. The fourth-order valence-electron chi connectivity index (χ4n) is 9.35. The zero-order valence-electron chi connectivity index (χ0n) is 39.9. The Hall–Kier alpha value is -5.88. The number of carbonyl (C=O) groups excluding carboxylic acids is 4. The number of ether oxygens (including phenoxy) is 4. The van der Waals surface area contributed by atoms with Gasteiger partial charge in [-0.25, -0.2) is 9.59 Å². The van der Waals surface area contributed by atoms with E-state index >= 15 is 0 Å². The lowest BCUT2D eigenvalue weighted by Gasteiger charge is -2.46. The van der Waals surface area contributed by atoms with Crippen LogP contribution in [0.3, 0.4) is 0 Å². The number of halogens is 2. The number of likely N-dealkylation sites (N-methyl/N-ethyl adjacent to an activating group) is 1. The smallest absolute Gasteiger partial charge is 0.328 e. The second-order valence-electron chi connectivity index (χ2n) is 17.1. The molecule has 0 aliphatic carbocycles. The Morgan fingerprint density at radius 3 is 1.84 bits per heavy atom. The normalized spacial score (nSPS) is 18.2. The highest BCUT2D eigenvalue weighted by Gasteiger charge is 2.47. The maximum absolute atomic E-state index is 14.7. The van der Waals surface area contributed by atoms with Crippen LogP contribution >= 0.6 is 23.2 Å². The number of amides is 3. The van der Waals surface area contributed by atoms with E-state index in [0.717, 1.165) is 43.6 Å². The average molecular weight is 997 g/mol. The molecule has 6 rings (SSSR count). The molecule has 19 heteroatoms. The van der Waals surface area contributed by atoms with Crippen molar-refractivity contribution in [1.82, 2.24) is 24.5 Å². The summed E-state index contributed by atoms with van der Waals surface area (Å²) in [4.78, 5) is 82.7. The minimum atomic E-state index is -1.26. The first-order valence-electron chi connectivity index (χ1n) is 22.9. The summed E-state index contributed by atoms with van der Waals surface area (Å²) in [5.41, 5.74) is 1.44. The molecule has 3 heterocycles. The summed E-state index contributed by atoms with van der Waals surface area (Å²) >= 11 is 13.0. The number of rotatable bonds is 18. The van der Waals surface area contributed by atoms with E-state index < -0.39 is 23.3 Å². The van der Waals surface area contributed by atoms with E-state index in [4.69, 9.17) is 52.4 Å². The highest BCUT2D eigenvalue weighted by atomic mass is 35.5. The van der Waals surface area contributed by atoms with Gasteiger partial charge in [-0.05, 0) is 94.6 Å². The molecule has 17 nitrogen and oxygen atoms in total. The van der Waals surface area contributed by atoms with E-state index in [2.05, 4.69) is 17.0 Å². The molecule has 3 aliphatic heterocycles. The summed E-state index contributed by atoms with van der Waals surface area (Å²) in [6.45, 7) is 10.1. The maximum atomic E-state index is 14.7. The summed E-state index contributed by atoms with van der Waals surface area (Å²) in [5.74, 6) is -1.92. The Kier molecular flexibility index (Phi) is 19.7. The standard InChI is InChI=1S/C46H59Cl2N5O8.C4H4O4/c1-6-51(7-2)40(54)31-61-41(55)30-50-23-25-52(26-24-50)44(57)46(34-11-9-8-10-12-34)17-20-49(21-18-46)19-15-45(35-13-14-36(47)37(48)29-35)16-22-53(32-45)43(56)33-27-38(58-3)42(60-5)39(28-33)59-4;5-3(6)1-2-4(7)8/h8-14,27-29H,6-7,15-26,30-32H2,1-5H3;1-2H,(H,5,6)(H,7,8)/b;2-1+/t45-;/m0./s1. The number of carboxylic acids is 2. The number of carbonyl (C=O) groups is 6. The molecule has 3 aliphatic rings. The van der Waals surface area contributed by atoms with Gasteiger partial charge >= 0.3 is 17.9 Å². The van der Waals surface area contributed by atoms with E-state index in [1.54, 1.807) is 17.0 Å². The van der Waals surface area contributed by atoms with Gasteiger partial charge in [0.1, 0.15) is 0 Å². The van der Waals surface area contributed by atoms with Crippen molar-refractivity contribution in [1.29, 1.82) is 0 Å². The van der Waals surface area contributed by atoms with Crippen LogP contribution in [0, 0.1) is 0 Å². The number of likely N-dealkylation sites (tertiary alicyclic amines) is 2.